The molecule has 2 saturated heterocycles. The van der Waals surface area contributed by atoms with Gasteiger partial charge in [0.2, 0.25) is 5.91 Å². The van der Waals surface area contributed by atoms with Crippen molar-refractivity contribution in [2.24, 2.45) is 0 Å². The van der Waals surface area contributed by atoms with E-state index in [0.717, 1.165) is 54.8 Å². The number of hydrogen-bond donors (Lipinski definition) is 2. The number of nitrogens with zero attached hydrogens (tertiary/aromatic N) is 4. The highest BCUT2D eigenvalue weighted by Gasteiger charge is 2.42. The molecule has 2 N–H and O–H groups in total. The predicted molar refractivity (Wildman–Crippen MR) is 116 cm³/mol. The number of amides is 1. The number of piperidine rings is 1. The number of fused-ring (bicyclic) bond motifs is 2. The smallest absolute Gasteiger partial charge is 0.335 e. The molecule has 2 aromatic heterocycles. The Labute approximate surface area is 179 Å². The zero-order chi connectivity index (χ0) is 21.4. The summed E-state index contributed by atoms with van der Waals surface area (Å²) in [5.74, 6) is 0.143. The van der Waals surface area contributed by atoms with E-state index < -0.39 is 5.97 Å². The summed E-state index contributed by atoms with van der Waals surface area (Å²) in [6, 6.07) is 9.31. The fraction of sp³-hybridized carbons (Fsp3) is 0.391. The van der Waals surface area contributed by atoms with Crippen LogP contribution in [0.5, 0.6) is 0 Å². The quantitative estimate of drug-likeness (QED) is 0.659. The number of likely N-dealkylation sites (tertiary alicyclic amines) is 1. The number of anilines is 1. The fourth-order valence-electron chi connectivity index (χ4n) is 5.10. The lowest BCUT2D eigenvalue weighted by Gasteiger charge is -2.40. The minimum Gasteiger partial charge on any atom is -0.478 e. The van der Waals surface area contributed by atoms with Gasteiger partial charge in [0.15, 0.2) is 0 Å². The summed E-state index contributed by atoms with van der Waals surface area (Å²) in [6.45, 7) is 1.66. The van der Waals surface area contributed by atoms with Crippen LogP contribution in [0.4, 0.5) is 5.82 Å². The summed E-state index contributed by atoms with van der Waals surface area (Å²) in [7, 11) is 0. The van der Waals surface area contributed by atoms with Gasteiger partial charge >= 0.3 is 5.97 Å². The first-order chi connectivity index (χ1) is 15.1. The summed E-state index contributed by atoms with van der Waals surface area (Å²) in [6.07, 6.45) is 7.37. The van der Waals surface area contributed by atoms with Gasteiger partial charge in [0.25, 0.3) is 0 Å². The van der Waals surface area contributed by atoms with Gasteiger partial charge < -0.3 is 19.9 Å². The molecule has 8 nitrogen and oxygen atoms in total. The molecule has 0 aliphatic carbocycles. The highest BCUT2D eigenvalue weighted by atomic mass is 16.4. The van der Waals surface area contributed by atoms with E-state index in [1.807, 2.05) is 23.2 Å². The van der Waals surface area contributed by atoms with Gasteiger partial charge in [-0.05, 0) is 49.4 Å². The number of rotatable bonds is 5. The molecule has 1 aromatic carbocycles. The standard InChI is InChI=1S/C23H25N5O3/c29-20(7-6-15-3-1-4-16(13-15)23(30)31)27-11-2-5-18-19(27)9-12-28(18)22-17-8-10-24-21(17)25-14-26-22/h1,3-4,8,10,13-14,18-19H,2,5-7,9,11-12H2,(H,30,31)(H,24,25,26)/t18-,19-/m1/s1. The second-order valence-electron chi connectivity index (χ2n) is 8.29. The minimum absolute atomic E-state index is 0.145. The Morgan fingerprint density at radius 3 is 2.90 bits per heavy atom. The number of hydrogen-bond acceptors (Lipinski definition) is 5. The Hall–Kier alpha value is -3.42. The number of H-pyrrole nitrogens is 1. The monoisotopic (exact) mass is 419 g/mol. The van der Waals surface area contributed by atoms with Gasteiger partial charge in [-0.15, -0.1) is 0 Å². The summed E-state index contributed by atoms with van der Waals surface area (Å²) >= 11 is 0. The van der Waals surface area contributed by atoms with Crippen molar-refractivity contribution in [2.45, 2.75) is 44.2 Å². The summed E-state index contributed by atoms with van der Waals surface area (Å²) in [5.41, 5.74) is 1.97. The lowest BCUT2D eigenvalue weighted by molar-refractivity contribution is -0.134. The topological polar surface area (TPSA) is 102 Å². The summed E-state index contributed by atoms with van der Waals surface area (Å²) < 4.78 is 0. The zero-order valence-corrected chi connectivity index (χ0v) is 17.2. The molecule has 1 amide bonds. The number of aromatic nitrogens is 3. The van der Waals surface area contributed by atoms with Crippen LogP contribution in [-0.4, -0.2) is 62.0 Å². The lowest BCUT2D eigenvalue weighted by atomic mass is 9.95. The third kappa shape index (κ3) is 3.62. The van der Waals surface area contributed by atoms with E-state index in [4.69, 9.17) is 0 Å². The minimum atomic E-state index is -0.945. The average molecular weight is 419 g/mol. The molecule has 160 valence electrons. The number of nitrogens with one attached hydrogen (secondary N) is 1. The largest absolute Gasteiger partial charge is 0.478 e. The summed E-state index contributed by atoms with van der Waals surface area (Å²) in [4.78, 5) is 40.7. The molecule has 0 bridgehead atoms. The van der Waals surface area contributed by atoms with Crippen molar-refractivity contribution in [1.29, 1.82) is 0 Å². The second-order valence-corrected chi connectivity index (χ2v) is 8.29. The van der Waals surface area contributed by atoms with Crippen molar-refractivity contribution in [1.82, 2.24) is 19.9 Å². The second kappa shape index (κ2) is 8.02. The normalized spacial score (nSPS) is 20.8. The molecule has 0 radical (unpaired) electrons. The van der Waals surface area contributed by atoms with Crippen LogP contribution in [0.3, 0.4) is 0 Å². The Morgan fingerprint density at radius 1 is 1.13 bits per heavy atom. The van der Waals surface area contributed by atoms with E-state index in [0.29, 0.717) is 12.8 Å². The third-order valence-electron chi connectivity index (χ3n) is 6.54. The van der Waals surface area contributed by atoms with Gasteiger partial charge in [-0.2, -0.15) is 0 Å². The molecular weight excluding hydrogens is 394 g/mol. The van der Waals surface area contributed by atoms with Crippen LogP contribution < -0.4 is 4.90 Å². The summed E-state index contributed by atoms with van der Waals surface area (Å²) in [5, 5.41) is 10.2. The molecule has 5 rings (SSSR count). The fourth-order valence-corrected chi connectivity index (χ4v) is 5.10. The number of aromatic amines is 1. The van der Waals surface area contributed by atoms with Crippen LogP contribution >= 0.6 is 0 Å². The maximum absolute atomic E-state index is 13.1. The van der Waals surface area contributed by atoms with Gasteiger partial charge in [0.1, 0.15) is 17.8 Å². The predicted octanol–water partition coefficient (Wildman–Crippen LogP) is 2.86. The SMILES string of the molecule is O=C(O)c1cccc(CCC(=O)N2CCC[C@@H]3[C@H]2CCN3c2ncnc3[nH]ccc23)c1. The number of carboxylic acids is 1. The van der Waals surface area contributed by atoms with Crippen LogP contribution in [0.2, 0.25) is 0 Å². The molecule has 4 heterocycles. The molecule has 3 aromatic rings. The van der Waals surface area contributed by atoms with Crippen molar-refractivity contribution in [2.75, 3.05) is 18.0 Å². The number of carboxylic acid groups (broad SMARTS) is 1. The van der Waals surface area contributed by atoms with Crippen LogP contribution in [0.1, 0.15) is 41.6 Å². The Kier molecular flexibility index (Phi) is 5.05. The van der Waals surface area contributed by atoms with Gasteiger partial charge in [0.05, 0.1) is 23.0 Å². The number of aromatic carboxylic acids is 1. The van der Waals surface area contributed by atoms with Crippen LogP contribution in [0, 0.1) is 0 Å². The van der Waals surface area contributed by atoms with E-state index in [1.165, 1.54) is 0 Å². The van der Waals surface area contributed by atoms with Crippen LogP contribution in [-0.2, 0) is 11.2 Å². The molecule has 2 atom stereocenters. The maximum Gasteiger partial charge on any atom is 0.335 e. The van der Waals surface area contributed by atoms with E-state index in [1.54, 1.807) is 24.5 Å². The Balaban J connectivity index is 1.29. The van der Waals surface area contributed by atoms with Gasteiger partial charge in [-0.25, -0.2) is 14.8 Å². The Morgan fingerprint density at radius 2 is 2.03 bits per heavy atom. The van der Waals surface area contributed by atoms with Gasteiger partial charge in [-0.3, -0.25) is 4.79 Å². The molecule has 2 fully saturated rings. The maximum atomic E-state index is 13.1. The van der Waals surface area contributed by atoms with Crippen molar-refractivity contribution in [3.63, 3.8) is 0 Å². The van der Waals surface area contributed by atoms with Crippen LogP contribution in [0.15, 0.2) is 42.9 Å². The number of benzene rings is 1. The first-order valence-electron chi connectivity index (χ1n) is 10.8. The number of carbonyl (C=O) groups is 2. The van der Waals surface area contributed by atoms with E-state index >= 15 is 0 Å². The van der Waals surface area contributed by atoms with Crippen molar-refractivity contribution < 1.29 is 14.7 Å². The molecule has 2 aliphatic heterocycles. The van der Waals surface area contributed by atoms with Gasteiger partial charge in [0, 0.05) is 25.7 Å². The first kappa shape index (κ1) is 19.5. The van der Waals surface area contributed by atoms with E-state index in [9.17, 15) is 14.7 Å². The van der Waals surface area contributed by atoms with Crippen molar-refractivity contribution >= 4 is 28.7 Å². The highest BCUT2D eigenvalue weighted by Crippen LogP contribution is 2.36. The van der Waals surface area contributed by atoms with E-state index in [2.05, 4.69) is 19.9 Å². The Bertz CT molecular complexity index is 1130. The van der Waals surface area contributed by atoms with Crippen molar-refractivity contribution in [3.8, 4) is 0 Å². The zero-order valence-electron chi connectivity index (χ0n) is 17.2. The molecule has 0 unspecified atom stereocenters. The lowest BCUT2D eigenvalue weighted by Crippen LogP contribution is -2.52. The average Bonchev–Trinajstić information content (AvgIpc) is 3.44. The molecule has 2 aliphatic rings. The molecule has 8 heteroatoms. The molecule has 31 heavy (non-hydrogen) atoms. The van der Waals surface area contributed by atoms with Crippen molar-refractivity contribution in [3.05, 3.63) is 54.0 Å². The van der Waals surface area contributed by atoms with E-state index in [-0.39, 0.29) is 23.6 Å². The molecule has 0 spiro atoms. The van der Waals surface area contributed by atoms with Crippen LogP contribution in [0.25, 0.3) is 11.0 Å². The highest BCUT2D eigenvalue weighted by molar-refractivity contribution is 5.88. The number of carbonyl (C=O) groups excluding carboxylic acids is 1. The molecular formula is C23H25N5O3. The third-order valence-corrected chi connectivity index (χ3v) is 6.54. The number of aryl methyl sites for hydroxylation is 1. The molecule has 0 saturated carbocycles. The van der Waals surface area contributed by atoms with Gasteiger partial charge in [-0.1, -0.05) is 12.1 Å². The first-order valence-corrected chi connectivity index (χ1v) is 10.8.